The van der Waals surface area contributed by atoms with Gasteiger partial charge in [0, 0.05) is 6.04 Å². The van der Waals surface area contributed by atoms with Crippen molar-refractivity contribution in [1.82, 2.24) is 9.97 Å². The molecule has 1 unspecified atom stereocenters. The molecule has 0 saturated heterocycles. The van der Waals surface area contributed by atoms with Crippen molar-refractivity contribution >= 4 is 17.4 Å². The first-order valence-electron chi connectivity index (χ1n) is 6.00. The van der Waals surface area contributed by atoms with E-state index in [1.54, 1.807) is 12.4 Å². The summed E-state index contributed by atoms with van der Waals surface area (Å²) in [6.45, 7) is 2.22. The Kier molecular flexibility index (Phi) is 3.99. The minimum atomic E-state index is 0.445. The maximum absolute atomic E-state index is 5.80. The van der Waals surface area contributed by atoms with Gasteiger partial charge < -0.3 is 5.32 Å². The van der Waals surface area contributed by atoms with Crippen molar-refractivity contribution in [2.24, 2.45) is 5.92 Å². The number of hydrogen-bond acceptors (Lipinski definition) is 3. The van der Waals surface area contributed by atoms with Gasteiger partial charge in [0.15, 0.2) is 0 Å². The number of nitrogens with one attached hydrogen (secondary N) is 1. The first-order chi connectivity index (χ1) is 7.75. The molecule has 0 amide bonds. The van der Waals surface area contributed by atoms with Gasteiger partial charge in [0.25, 0.3) is 0 Å². The van der Waals surface area contributed by atoms with E-state index < -0.39 is 0 Å². The van der Waals surface area contributed by atoms with Crippen molar-refractivity contribution in [2.45, 2.75) is 45.1 Å². The van der Waals surface area contributed by atoms with E-state index in [2.05, 4.69) is 22.2 Å². The Morgan fingerprint density at radius 1 is 1.31 bits per heavy atom. The van der Waals surface area contributed by atoms with Crippen molar-refractivity contribution in [3.05, 3.63) is 17.5 Å². The monoisotopic (exact) mass is 239 g/mol. The first kappa shape index (κ1) is 11.6. The molecule has 1 saturated carbocycles. The number of aromatic nitrogens is 2. The van der Waals surface area contributed by atoms with Crippen LogP contribution in [0.2, 0.25) is 5.15 Å². The standard InChI is InChI=1S/C12H18ClN3/c1-9(10-5-3-2-4-6-10)15-12-8-14-7-11(13)16-12/h7-10H,2-6H2,1H3,(H,15,16). The molecular formula is C12H18ClN3. The normalized spacial score (nSPS) is 19.4. The average molecular weight is 240 g/mol. The van der Waals surface area contributed by atoms with Gasteiger partial charge >= 0.3 is 0 Å². The highest BCUT2D eigenvalue weighted by Gasteiger charge is 2.20. The van der Waals surface area contributed by atoms with E-state index in [0.29, 0.717) is 11.2 Å². The fourth-order valence-corrected chi connectivity index (χ4v) is 2.54. The smallest absolute Gasteiger partial charge is 0.149 e. The highest BCUT2D eigenvalue weighted by atomic mass is 35.5. The number of halogens is 1. The van der Waals surface area contributed by atoms with Gasteiger partial charge in [-0.15, -0.1) is 0 Å². The van der Waals surface area contributed by atoms with Gasteiger partial charge in [0.05, 0.1) is 12.4 Å². The Morgan fingerprint density at radius 2 is 2.06 bits per heavy atom. The molecule has 0 radical (unpaired) electrons. The van der Waals surface area contributed by atoms with Crippen molar-refractivity contribution in [2.75, 3.05) is 5.32 Å². The van der Waals surface area contributed by atoms with Crippen LogP contribution in [0.3, 0.4) is 0 Å². The molecule has 0 aliphatic heterocycles. The van der Waals surface area contributed by atoms with Gasteiger partial charge in [-0.2, -0.15) is 0 Å². The zero-order chi connectivity index (χ0) is 11.4. The van der Waals surface area contributed by atoms with Crippen molar-refractivity contribution in [3.63, 3.8) is 0 Å². The first-order valence-corrected chi connectivity index (χ1v) is 6.37. The highest BCUT2D eigenvalue weighted by Crippen LogP contribution is 2.27. The topological polar surface area (TPSA) is 37.8 Å². The third-order valence-electron chi connectivity index (χ3n) is 3.34. The van der Waals surface area contributed by atoms with Crippen LogP contribution in [0.15, 0.2) is 12.4 Å². The third-order valence-corrected chi connectivity index (χ3v) is 3.52. The zero-order valence-electron chi connectivity index (χ0n) is 9.62. The molecule has 1 aliphatic rings. The Labute approximate surface area is 102 Å². The highest BCUT2D eigenvalue weighted by molar-refractivity contribution is 6.29. The summed E-state index contributed by atoms with van der Waals surface area (Å²) in [6.07, 6.45) is 10.0. The van der Waals surface area contributed by atoms with E-state index in [4.69, 9.17) is 11.6 Å². The Bertz CT molecular complexity index is 337. The molecule has 16 heavy (non-hydrogen) atoms. The molecule has 88 valence electrons. The summed E-state index contributed by atoms with van der Waals surface area (Å²) in [4.78, 5) is 8.23. The second kappa shape index (κ2) is 5.48. The molecule has 0 spiro atoms. The predicted octanol–water partition coefficient (Wildman–Crippen LogP) is 3.51. The molecule has 0 bridgehead atoms. The minimum absolute atomic E-state index is 0.445. The lowest BCUT2D eigenvalue weighted by Crippen LogP contribution is -2.28. The maximum atomic E-state index is 5.80. The van der Waals surface area contributed by atoms with Gasteiger partial charge in [0.1, 0.15) is 11.0 Å². The van der Waals surface area contributed by atoms with Crippen LogP contribution in [0.5, 0.6) is 0 Å². The SMILES string of the molecule is CC(Nc1cncc(Cl)n1)C1CCCCC1. The molecule has 1 fully saturated rings. The van der Waals surface area contributed by atoms with E-state index in [9.17, 15) is 0 Å². The third kappa shape index (κ3) is 3.08. The fraction of sp³-hybridized carbons (Fsp3) is 0.667. The van der Waals surface area contributed by atoms with Crippen LogP contribution in [-0.2, 0) is 0 Å². The molecule has 2 rings (SSSR count). The van der Waals surface area contributed by atoms with Crippen molar-refractivity contribution in [1.29, 1.82) is 0 Å². The number of anilines is 1. The van der Waals surface area contributed by atoms with E-state index in [0.717, 1.165) is 11.7 Å². The Hall–Kier alpha value is -0.830. The molecule has 3 nitrogen and oxygen atoms in total. The summed E-state index contributed by atoms with van der Waals surface area (Å²) in [5, 5.41) is 3.84. The molecule has 1 atom stereocenters. The molecule has 1 aromatic heterocycles. The summed E-state index contributed by atoms with van der Waals surface area (Å²) in [5.74, 6) is 1.54. The van der Waals surface area contributed by atoms with Crippen molar-refractivity contribution < 1.29 is 0 Å². The van der Waals surface area contributed by atoms with Gasteiger partial charge in [-0.25, -0.2) is 4.98 Å². The van der Waals surface area contributed by atoms with Crippen LogP contribution in [-0.4, -0.2) is 16.0 Å². The predicted molar refractivity (Wildman–Crippen MR) is 66.7 cm³/mol. The molecule has 1 aromatic rings. The second-order valence-corrected chi connectivity index (χ2v) is 4.95. The molecule has 1 N–H and O–H groups in total. The van der Waals surface area contributed by atoms with Crippen LogP contribution >= 0.6 is 11.6 Å². The summed E-state index contributed by atoms with van der Waals surface area (Å²) < 4.78 is 0. The van der Waals surface area contributed by atoms with E-state index in [1.807, 2.05) is 0 Å². The Balaban J connectivity index is 1.93. The van der Waals surface area contributed by atoms with E-state index >= 15 is 0 Å². The molecule has 1 heterocycles. The van der Waals surface area contributed by atoms with E-state index in [-0.39, 0.29) is 0 Å². The van der Waals surface area contributed by atoms with Gasteiger partial charge in [-0.1, -0.05) is 30.9 Å². The quantitative estimate of drug-likeness (QED) is 0.877. The second-order valence-electron chi connectivity index (χ2n) is 4.56. The molecule has 1 aliphatic carbocycles. The van der Waals surface area contributed by atoms with Gasteiger partial charge in [0.2, 0.25) is 0 Å². The fourth-order valence-electron chi connectivity index (χ4n) is 2.40. The molecular weight excluding hydrogens is 222 g/mol. The summed E-state index contributed by atoms with van der Waals surface area (Å²) in [6, 6.07) is 0.452. The van der Waals surface area contributed by atoms with Gasteiger partial charge in [-0.3, -0.25) is 4.98 Å². The van der Waals surface area contributed by atoms with Crippen LogP contribution < -0.4 is 5.32 Å². The van der Waals surface area contributed by atoms with Gasteiger partial charge in [-0.05, 0) is 25.7 Å². The van der Waals surface area contributed by atoms with Crippen LogP contribution in [0.25, 0.3) is 0 Å². The Morgan fingerprint density at radius 3 is 2.75 bits per heavy atom. The molecule has 0 aromatic carbocycles. The summed E-state index contributed by atoms with van der Waals surface area (Å²) in [7, 11) is 0. The molecule has 4 heteroatoms. The number of nitrogens with zero attached hydrogens (tertiary/aromatic N) is 2. The van der Waals surface area contributed by atoms with E-state index in [1.165, 1.54) is 32.1 Å². The van der Waals surface area contributed by atoms with Crippen LogP contribution in [0.1, 0.15) is 39.0 Å². The van der Waals surface area contributed by atoms with Crippen LogP contribution in [0.4, 0.5) is 5.82 Å². The summed E-state index contributed by atoms with van der Waals surface area (Å²) in [5.41, 5.74) is 0. The van der Waals surface area contributed by atoms with Crippen LogP contribution in [0, 0.1) is 5.92 Å². The zero-order valence-corrected chi connectivity index (χ0v) is 10.4. The number of hydrogen-bond donors (Lipinski definition) is 1. The lowest BCUT2D eigenvalue weighted by Gasteiger charge is -2.28. The minimum Gasteiger partial charge on any atom is -0.366 e. The summed E-state index contributed by atoms with van der Waals surface area (Å²) >= 11 is 5.80. The number of rotatable bonds is 3. The maximum Gasteiger partial charge on any atom is 0.149 e. The lowest BCUT2D eigenvalue weighted by atomic mass is 9.84. The largest absolute Gasteiger partial charge is 0.366 e. The lowest BCUT2D eigenvalue weighted by molar-refractivity contribution is 0.328. The average Bonchev–Trinajstić information content (AvgIpc) is 2.30. The van der Waals surface area contributed by atoms with Crippen molar-refractivity contribution in [3.8, 4) is 0 Å².